The van der Waals surface area contributed by atoms with Gasteiger partial charge in [0.25, 0.3) is 5.91 Å². The summed E-state index contributed by atoms with van der Waals surface area (Å²) in [4.78, 5) is 28.0. The number of pyridine rings is 1. The number of hydrogen-bond donors (Lipinski definition) is 1. The number of nitrogens with zero attached hydrogens (tertiary/aromatic N) is 3. The first kappa shape index (κ1) is 21.9. The molecule has 3 aromatic rings. The second kappa shape index (κ2) is 8.78. The third kappa shape index (κ3) is 3.68. The van der Waals surface area contributed by atoms with Gasteiger partial charge in [-0.3, -0.25) is 19.3 Å². The summed E-state index contributed by atoms with van der Waals surface area (Å²) in [5.41, 5.74) is 2.59. The van der Waals surface area contributed by atoms with Crippen LogP contribution in [0.25, 0.3) is 0 Å². The van der Waals surface area contributed by atoms with Gasteiger partial charge in [0, 0.05) is 36.6 Å². The molecule has 2 aliphatic rings. The number of halogens is 1. The first-order valence-corrected chi connectivity index (χ1v) is 11.9. The molecule has 9 heteroatoms. The molecule has 0 fully saturated rings. The van der Waals surface area contributed by atoms with Gasteiger partial charge in [0.15, 0.2) is 11.4 Å². The molecule has 0 saturated carbocycles. The highest BCUT2D eigenvalue weighted by Crippen LogP contribution is 2.45. The number of thioether (sulfide) groups is 1. The monoisotopic (exact) mass is 483 g/mol. The van der Waals surface area contributed by atoms with Crippen LogP contribution in [-0.2, 0) is 10.5 Å². The molecule has 0 radical (unpaired) electrons. The Labute approximate surface area is 200 Å². The van der Waals surface area contributed by atoms with Gasteiger partial charge in [-0.15, -0.1) is 11.8 Å². The minimum absolute atomic E-state index is 0.0530. The number of aromatic nitrogens is 1. The van der Waals surface area contributed by atoms with Gasteiger partial charge in [0.1, 0.15) is 6.67 Å². The van der Waals surface area contributed by atoms with Crippen LogP contribution in [0.4, 0.5) is 0 Å². The number of fused-ring (bicyclic) bond motifs is 3. The van der Waals surface area contributed by atoms with Gasteiger partial charge in [0.2, 0.25) is 5.43 Å². The number of methoxy groups -OCH3 is 1. The van der Waals surface area contributed by atoms with Crippen LogP contribution in [0.1, 0.15) is 33.2 Å². The van der Waals surface area contributed by atoms with Gasteiger partial charge in [-0.05, 0) is 22.8 Å². The van der Waals surface area contributed by atoms with E-state index in [-0.39, 0.29) is 18.4 Å². The summed E-state index contributed by atoms with van der Waals surface area (Å²) in [6.07, 6.45) is 1.55. The van der Waals surface area contributed by atoms with Crippen LogP contribution in [0.2, 0.25) is 5.02 Å². The van der Waals surface area contributed by atoms with Crippen molar-refractivity contribution in [1.82, 2.24) is 9.58 Å². The van der Waals surface area contributed by atoms with Crippen molar-refractivity contribution in [3.8, 4) is 5.75 Å². The summed E-state index contributed by atoms with van der Waals surface area (Å²) < 4.78 is 6.80. The Balaban J connectivity index is 1.76. The lowest BCUT2D eigenvalue weighted by atomic mass is 9.94. The summed E-state index contributed by atoms with van der Waals surface area (Å²) in [7, 11) is 1.57. The van der Waals surface area contributed by atoms with E-state index >= 15 is 0 Å². The zero-order valence-electron chi connectivity index (χ0n) is 17.9. The van der Waals surface area contributed by atoms with Gasteiger partial charge < -0.3 is 14.7 Å². The average molecular weight is 484 g/mol. The average Bonchev–Trinajstić information content (AvgIpc) is 2.98. The molecule has 2 aromatic carbocycles. The smallest absolute Gasteiger partial charge is 0.277 e. The molecule has 1 amide bonds. The van der Waals surface area contributed by atoms with Gasteiger partial charge in [0.05, 0.1) is 17.7 Å². The summed E-state index contributed by atoms with van der Waals surface area (Å²) in [5.74, 6) is -0.218. The largest absolute Gasteiger partial charge is 0.502 e. The summed E-state index contributed by atoms with van der Waals surface area (Å²) in [5, 5.41) is 13.3. The number of carbonyl (C=O) groups excluding carboxylic acids is 1. The summed E-state index contributed by atoms with van der Waals surface area (Å²) >= 11 is 8.30. The lowest BCUT2D eigenvalue weighted by Gasteiger charge is -2.44. The molecule has 3 heterocycles. The van der Waals surface area contributed by atoms with E-state index in [9.17, 15) is 14.7 Å². The van der Waals surface area contributed by atoms with Gasteiger partial charge >= 0.3 is 0 Å². The molecular weight excluding hydrogens is 462 g/mol. The molecular formula is C24H22ClN3O4S. The van der Waals surface area contributed by atoms with Crippen LogP contribution < -0.4 is 10.4 Å². The molecule has 1 N–H and O–H groups in total. The van der Waals surface area contributed by atoms with Crippen molar-refractivity contribution < 1.29 is 14.6 Å². The Kier molecular flexibility index (Phi) is 5.82. The van der Waals surface area contributed by atoms with Crippen molar-refractivity contribution >= 4 is 29.3 Å². The lowest BCUT2D eigenvalue weighted by Crippen LogP contribution is -2.56. The van der Waals surface area contributed by atoms with Crippen LogP contribution in [0, 0.1) is 0 Å². The maximum absolute atomic E-state index is 13.2. The quantitative estimate of drug-likeness (QED) is 0.611. The summed E-state index contributed by atoms with van der Waals surface area (Å²) in [6.45, 7) is 0.893. The molecule has 1 atom stereocenters. The van der Waals surface area contributed by atoms with Crippen molar-refractivity contribution in [3.05, 3.63) is 92.4 Å². The number of hydrogen-bond acceptors (Lipinski definition) is 6. The van der Waals surface area contributed by atoms with Crippen LogP contribution in [0.5, 0.6) is 5.75 Å². The number of rotatable bonds is 4. The number of amides is 1. The fraction of sp³-hybridized carbons (Fsp3) is 0.250. The Morgan fingerprint density at radius 1 is 1.12 bits per heavy atom. The van der Waals surface area contributed by atoms with Crippen molar-refractivity contribution in [2.45, 2.75) is 16.7 Å². The molecule has 1 unspecified atom stereocenters. The van der Waals surface area contributed by atoms with Gasteiger partial charge in [-0.25, -0.2) is 0 Å². The summed E-state index contributed by atoms with van der Waals surface area (Å²) in [6, 6.07) is 15.0. The zero-order valence-corrected chi connectivity index (χ0v) is 19.5. The molecule has 0 spiro atoms. The van der Waals surface area contributed by atoms with Crippen LogP contribution in [0.15, 0.2) is 64.4 Å². The van der Waals surface area contributed by atoms with Crippen molar-refractivity contribution in [2.75, 3.05) is 31.9 Å². The lowest BCUT2D eigenvalue weighted by molar-refractivity contribution is 0.0614. The first-order chi connectivity index (χ1) is 16.0. The van der Waals surface area contributed by atoms with Crippen LogP contribution in [-0.4, -0.2) is 47.5 Å². The molecule has 0 aliphatic carbocycles. The van der Waals surface area contributed by atoms with E-state index < -0.39 is 17.1 Å². The van der Waals surface area contributed by atoms with E-state index in [1.165, 1.54) is 6.07 Å². The molecule has 0 saturated heterocycles. The predicted octanol–water partition coefficient (Wildman–Crippen LogP) is 3.60. The zero-order chi connectivity index (χ0) is 23.1. The van der Waals surface area contributed by atoms with E-state index in [1.807, 2.05) is 35.3 Å². The minimum atomic E-state index is -0.594. The van der Waals surface area contributed by atoms with E-state index in [0.717, 1.165) is 27.3 Å². The maximum atomic E-state index is 13.2. The van der Waals surface area contributed by atoms with E-state index in [1.54, 1.807) is 34.6 Å². The molecule has 7 nitrogen and oxygen atoms in total. The Hall–Kier alpha value is -2.94. The van der Waals surface area contributed by atoms with Gasteiger partial charge in [-0.1, -0.05) is 48.0 Å². The third-order valence-electron chi connectivity index (χ3n) is 6.01. The number of carbonyl (C=O) groups is 1. The Bertz CT molecular complexity index is 1290. The fourth-order valence-corrected chi connectivity index (χ4v) is 5.89. The van der Waals surface area contributed by atoms with Crippen molar-refractivity contribution in [3.63, 3.8) is 0 Å². The minimum Gasteiger partial charge on any atom is -0.502 e. The topological polar surface area (TPSA) is 75.0 Å². The predicted molar refractivity (Wildman–Crippen MR) is 128 cm³/mol. The molecule has 170 valence electrons. The molecule has 2 aliphatic heterocycles. The number of aromatic hydroxyl groups is 1. The van der Waals surface area contributed by atoms with E-state index in [0.29, 0.717) is 18.2 Å². The molecule has 0 bridgehead atoms. The first-order valence-electron chi connectivity index (χ1n) is 10.5. The van der Waals surface area contributed by atoms with Crippen LogP contribution >= 0.6 is 23.4 Å². The standard InChI is InChI=1S/C24H22ClN3O4S/c1-32-12-11-26-14-28(27-10-9-19(29)22(30)21(27)24(26)31)20-16-6-3-2-5-15(16)13-33-23-17(20)7-4-8-18(23)25/h2-10,20,30H,11-14H2,1H3. The number of benzene rings is 2. The molecule has 1 aromatic heterocycles. The fourth-order valence-electron chi connectivity index (χ4n) is 4.43. The SMILES string of the molecule is COCCN1CN(C2c3ccccc3CSc3c(Cl)cccc32)n2ccc(=O)c(O)c2C1=O. The highest BCUT2D eigenvalue weighted by atomic mass is 35.5. The molecule has 33 heavy (non-hydrogen) atoms. The van der Waals surface area contributed by atoms with Crippen molar-refractivity contribution in [1.29, 1.82) is 0 Å². The normalized spacial score (nSPS) is 17.3. The Morgan fingerprint density at radius 2 is 1.91 bits per heavy atom. The second-order valence-corrected chi connectivity index (χ2v) is 9.31. The second-order valence-electron chi connectivity index (χ2n) is 7.91. The molecule has 5 rings (SSSR count). The van der Waals surface area contributed by atoms with E-state index in [4.69, 9.17) is 16.3 Å². The number of ether oxygens (including phenoxy) is 1. The third-order valence-corrected chi connectivity index (χ3v) is 7.64. The highest BCUT2D eigenvalue weighted by Gasteiger charge is 2.38. The van der Waals surface area contributed by atoms with Crippen molar-refractivity contribution in [2.24, 2.45) is 0 Å². The Morgan fingerprint density at radius 3 is 2.73 bits per heavy atom. The highest BCUT2D eigenvalue weighted by molar-refractivity contribution is 7.98. The van der Waals surface area contributed by atoms with Gasteiger partial charge in [-0.2, -0.15) is 0 Å². The maximum Gasteiger partial charge on any atom is 0.277 e. The van der Waals surface area contributed by atoms with Crippen LogP contribution in [0.3, 0.4) is 0 Å². The van der Waals surface area contributed by atoms with E-state index in [2.05, 4.69) is 12.1 Å².